The lowest BCUT2D eigenvalue weighted by Crippen LogP contribution is -2.38. The minimum atomic E-state index is -1.03. The Morgan fingerprint density at radius 1 is 1.16 bits per heavy atom. The maximum Gasteiger partial charge on any atom is 0.128 e. The van der Waals surface area contributed by atoms with E-state index in [0.29, 0.717) is 36.5 Å². The molecule has 2 aliphatic carbocycles. The van der Waals surface area contributed by atoms with E-state index in [4.69, 9.17) is 16.3 Å². The number of nitrogens with one attached hydrogen (secondary N) is 3. The fourth-order valence-corrected chi connectivity index (χ4v) is 4.34. The second-order valence-corrected chi connectivity index (χ2v) is 9.18. The van der Waals surface area contributed by atoms with E-state index in [2.05, 4.69) is 20.9 Å². The number of ether oxygens (including phenoxy) is 1. The second kappa shape index (κ2) is 10.2. The monoisotopic (exact) mass is 446 g/mol. The van der Waals surface area contributed by atoms with Crippen molar-refractivity contribution in [3.05, 3.63) is 41.6 Å². The van der Waals surface area contributed by atoms with Gasteiger partial charge in [-0.25, -0.2) is 9.37 Å². The lowest BCUT2D eigenvalue weighted by atomic mass is 9.91. The minimum Gasteiger partial charge on any atom is -0.383 e. The van der Waals surface area contributed by atoms with E-state index < -0.39 is 5.67 Å². The third kappa shape index (κ3) is 6.31. The molecule has 2 fully saturated rings. The maximum atomic E-state index is 13.9. The average Bonchev–Trinajstić information content (AvgIpc) is 3.53. The van der Waals surface area contributed by atoms with Gasteiger partial charge in [-0.3, -0.25) is 0 Å². The molecule has 7 heteroatoms. The lowest BCUT2D eigenvalue weighted by Gasteiger charge is -2.30. The van der Waals surface area contributed by atoms with Crippen molar-refractivity contribution in [3.63, 3.8) is 0 Å². The van der Waals surface area contributed by atoms with Crippen molar-refractivity contribution in [2.24, 2.45) is 0 Å². The normalized spacial score (nSPS) is 22.2. The number of hydrogen-bond acceptors (Lipinski definition) is 5. The zero-order chi connectivity index (χ0) is 21.7. The number of nitrogens with zero attached hydrogens (tertiary/aromatic N) is 1. The van der Waals surface area contributed by atoms with Crippen molar-refractivity contribution in [2.75, 3.05) is 37.4 Å². The molecule has 0 bridgehead atoms. The van der Waals surface area contributed by atoms with Gasteiger partial charge in [0.1, 0.15) is 11.5 Å². The highest BCUT2D eigenvalue weighted by molar-refractivity contribution is 6.33. The Balaban J connectivity index is 1.36. The number of anilines is 2. The van der Waals surface area contributed by atoms with E-state index in [1.165, 1.54) is 0 Å². The number of methoxy groups -OCH3 is 1. The molecule has 0 amide bonds. The van der Waals surface area contributed by atoms with Crippen molar-refractivity contribution in [1.82, 2.24) is 10.3 Å². The van der Waals surface area contributed by atoms with Crippen molar-refractivity contribution < 1.29 is 9.13 Å². The standard InChI is InChI=1S/C24H32ClFN4O/c1-31-12-11-27-18-5-7-19(8-6-18)30-23-14-21(22(25)15-28-23)17-3-2-4-20(13-17)29-16-24(26)9-10-24/h2-4,13-15,18-19,27,29H,5-12,16H2,1H3,(H,28,30). The first-order chi connectivity index (χ1) is 15.0. The summed E-state index contributed by atoms with van der Waals surface area (Å²) in [7, 11) is 1.73. The molecule has 31 heavy (non-hydrogen) atoms. The van der Waals surface area contributed by atoms with Crippen molar-refractivity contribution >= 4 is 23.1 Å². The molecule has 2 aromatic rings. The molecule has 1 aromatic carbocycles. The van der Waals surface area contributed by atoms with Crippen LogP contribution in [0.5, 0.6) is 0 Å². The fraction of sp³-hybridized carbons (Fsp3) is 0.542. The van der Waals surface area contributed by atoms with Gasteiger partial charge in [-0.1, -0.05) is 23.7 Å². The van der Waals surface area contributed by atoms with E-state index in [1.807, 2.05) is 30.3 Å². The predicted octanol–water partition coefficient (Wildman–Crippen LogP) is 5.28. The zero-order valence-corrected chi connectivity index (χ0v) is 18.9. The highest BCUT2D eigenvalue weighted by atomic mass is 35.5. The van der Waals surface area contributed by atoms with Crippen LogP contribution in [-0.2, 0) is 4.74 Å². The molecule has 0 saturated heterocycles. The second-order valence-electron chi connectivity index (χ2n) is 8.77. The molecule has 0 spiro atoms. The molecule has 1 heterocycles. The Morgan fingerprint density at radius 2 is 1.94 bits per heavy atom. The number of pyridine rings is 1. The largest absolute Gasteiger partial charge is 0.383 e. The van der Waals surface area contributed by atoms with Crippen LogP contribution in [0.1, 0.15) is 38.5 Å². The molecule has 0 aliphatic heterocycles. The summed E-state index contributed by atoms with van der Waals surface area (Å²) < 4.78 is 19.1. The van der Waals surface area contributed by atoms with Crippen LogP contribution in [0.3, 0.4) is 0 Å². The van der Waals surface area contributed by atoms with E-state index >= 15 is 0 Å². The molecular formula is C24H32ClFN4O. The summed E-state index contributed by atoms with van der Waals surface area (Å²) >= 11 is 6.48. The van der Waals surface area contributed by atoms with Gasteiger partial charge >= 0.3 is 0 Å². The molecule has 4 rings (SSSR count). The summed E-state index contributed by atoms with van der Waals surface area (Å²) in [6, 6.07) is 11.0. The number of alkyl halides is 1. The predicted molar refractivity (Wildman–Crippen MR) is 126 cm³/mol. The number of rotatable bonds is 10. The van der Waals surface area contributed by atoms with Crippen LogP contribution in [-0.4, -0.2) is 49.5 Å². The van der Waals surface area contributed by atoms with Crippen molar-refractivity contribution in [2.45, 2.75) is 56.3 Å². The first-order valence-electron chi connectivity index (χ1n) is 11.2. The van der Waals surface area contributed by atoms with Gasteiger partial charge in [0, 0.05) is 49.7 Å². The topological polar surface area (TPSA) is 58.2 Å². The number of halogens is 2. The quantitative estimate of drug-likeness (QED) is 0.434. The summed E-state index contributed by atoms with van der Waals surface area (Å²) in [6.07, 6.45) is 7.50. The van der Waals surface area contributed by atoms with Gasteiger partial charge in [0.05, 0.1) is 11.6 Å². The highest BCUT2D eigenvalue weighted by Crippen LogP contribution is 2.40. The number of aromatic nitrogens is 1. The van der Waals surface area contributed by atoms with E-state index in [1.54, 1.807) is 13.3 Å². The molecule has 2 saturated carbocycles. The molecule has 2 aliphatic rings. The Hall–Kier alpha value is -1.89. The van der Waals surface area contributed by atoms with E-state index in [-0.39, 0.29) is 0 Å². The Morgan fingerprint density at radius 3 is 2.68 bits per heavy atom. The fourth-order valence-electron chi connectivity index (χ4n) is 4.12. The molecule has 5 nitrogen and oxygen atoms in total. The molecule has 1 aromatic heterocycles. The van der Waals surface area contributed by atoms with Gasteiger partial charge in [0.2, 0.25) is 0 Å². The van der Waals surface area contributed by atoms with Crippen LogP contribution in [0.2, 0.25) is 5.02 Å². The SMILES string of the molecule is COCCNC1CCC(Nc2cc(-c3cccc(NCC4(F)CC4)c3)c(Cl)cn2)CC1. The van der Waals surface area contributed by atoms with Crippen LogP contribution >= 0.6 is 11.6 Å². The highest BCUT2D eigenvalue weighted by Gasteiger charge is 2.42. The van der Waals surface area contributed by atoms with Crippen LogP contribution in [0.25, 0.3) is 11.1 Å². The van der Waals surface area contributed by atoms with E-state index in [9.17, 15) is 4.39 Å². The van der Waals surface area contributed by atoms with Crippen molar-refractivity contribution in [3.8, 4) is 11.1 Å². The van der Waals surface area contributed by atoms with Crippen LogP contribution in [0.4, 0.5) is 15.9 Å². The summed E-state index contributed by atoms with van der Waals surface area (Å²) in [5, 5.41) is 11.0. The Bertz CT molecular complexity index is 868. The zero-order valence-electron chi connectivity index (χ0n) is 18.1. The molecule has 3 N–H and O–H groups in total. The van der Waals surface area contributed by atoms with E-state index in [0.717, 1.165) is 61.5 Å². The van der Waals surface area contributed by atoms with Gasteiger partial charge in [-0.05, 0) is 62.3 Å². The minimum absolute atomic E-state index is 0.357. The maximum absolute atomic E-state index is 13.9. The molecule has 0 radical (unpaired) electrons. The third-order valence-electron chi connectivity index (χ3n) is 6.25. The van der Waals surface area contributed by atoms with Gasteiger partial charge < -0.3 is 20.7 Å². The smallest absolute Gasteiger partial charge is 0.128 e. The van der Waals surface area contributed by atoms with Gasteiger partial charge in [-0.15, -0.1) is 0 Å². The molecule has 0 unspecified atom stereocenters. The van der Waals surface area contributed by atoms with Gasteiger partial charge in [-0.2, -0.15) is 0 Å². The number of benzene rings is 1. The average molecular weight is 447 g/mol. The van der Waals surface area contributed by atoms with Gasteiger partial charge in [0.25, 0.3) is 0 Å². The Kier molecular flexibility index (Phi) is 7.31. The van der Waals surface area contributed by atoms with Crippen LogP contribution in [0.15, 0.2) is 36.5 Å². The first kappa shape index (κ1) is 22.3. The number of hydrogen-bond donors (Lipinski definition) is 3. The summed E-state index contributed by atoms with van der Waals surface area (Å²) in [5.74, 6) is 0.842. The van der Waals surface area contributed by atoms with Crippen LogP contribution < -0.4 is 16.0 Å². The summed E-state index contributed by atoms with van der Waals surface area (Å²) in [6.45, 7) is 2.01. The lowest BCUT2D eigenvalue weighted by molar-refractivity contribution is 0.191. The Labute approximate surface area is 189 Å². The van der Waals surface area contributed by atoms with Crippen LogP contribution in [0, 0.1) is 0 Å². The van der Waals surface area contributed by atoms with Crippen molar-refractivity contribution in [1.29, 1.82) is 0 Å². The molecule has 0 atom stereocenters. The molecular weight excluding hydrogens is 415 g/mol. The third-order valence-corrected chi connectivity index (χ3v) is 6.55. The summed E-state index contributed by atoms with van der Waals surface area (Å²) in [5.41, 5.74) is 1.80. The first-order valence-corrected chi connectivity index (χ1v) is 11.6. The van der Waals surface area contributed by atoms with Gasteiger partial charge in [0.15, 0.2) is 0 Å². The summed E-state index contributed by atoms with van der Waals surface area (Å²) in [4.78, 5) is 4.50. The molecule has 168 valence electrons.